The lowest BCUT2D eigenvalue weighted by Gasteiger charge is -2.11. The predicted molar refractivity (Wildman–Crippen MR) is 85.3 cm³/mol. The number of ketones is 1. The summed E-state index contributed by atoms with van der Waals surface area (Å²) in [5, 5.41) is 9.82. The van der Waals surface area contributed by atoms with Gasteiger partial charge in [-0.3, -0.25) is 4.79 Å². The minimum absolute atomic E-state index is 0.0705. The number of rotatable bonds is 5. The standard InChI is InChI=1S/C18H19NO2/c1-19(2)13-16-12-15(9-11-18(16)21)17(20)10-8-14-6-4-3-5-7-14/h3-12,21H,13H2,1-2H3/b10-8+. The normalized spacial score (nSPS) is 11.2. The molecule has 108 valence electrons. The molecule has 0 saturated carbocycles. The van der Waals surface area contributed by atoms with Crippen LogP contribution in [0.4, 0.5) is 0 Å². The summed E-state index contributed by atoms with van der Waals surface area (Å²) < 4.78 is 0. The van der Waals surface area contributed by atoms with Crippen molar-refractivity contribution >= 4 is 11.9 Å². The van der Waals surface area contributed by atoms with Crippen molar-refractivity contribution in [3.8, 4) is 5.75 Å². The lowest BCUT2D eigenvalue weighted by atomic mass is 10.0. The molecule has 0 unspecified atom stereocenters. The zero-order valence-corrected chi connectivity index (χ0v) is 12.3. The van der Waals surface area contributed by atoms with Crippen LogP contribution < -0.4 is 0 Å². The largest absolute Gasteiger partial charge is 0.508 e. The van der Waals surface area contributed by atoms with E-state index in [1.807, 2.05) is 49.3 Å². The summed E-state index contributed by atoms with van der Waals surface area (Å²) in [6.07, 6.45) is 3.35. The summed E-state index contributed by atoms with van der Waals surface area (Å²) in [6, 6.07) is 14.6. The van der Waals surface area contributed by atoms with Crippen molar-refractivity contribution in [2.75, 3.05) is 14.1 Å². The average molecular weight is 281 g/mol. The molecule has 0 atom stereocenters. The van der Waals surface area contributed by atoms with Crippen molar-refractivity contribution in [2.24, 2.45) is 0 Å². The first-order valence-corrected chi connectivity index (χ1v) is 6.80. The summed E-state index contributed by atoms with van der Waals surface area (Å²) in [7, 11) is 3.84. The summed E-state index contributed by atoms with van der Waals surface area (Å²) in [5.74, 6) is 0.145. The molecule has 3 nitrogen and oxygen atoms in total. The summed E-state index contributed by atoms with van der Waals surface area (Å²) >= 11 is 0. The second-order valence-electron chi connectivity index (χ2n) is 5.19. The van der Waals surface area contributed by atoms with E-state index >= 15 is 0 Å². The predicted octanol–water partition coefficient (Wildman–Crippen LogP) is 3.35. The van der Waals surface area contributed by atoms with Crippen molar-refractivity contribution in [1.29, 1.82) is 0 Å². The number of hydrogen-bond donors (Lipinski definition) is 1. The Bertz CT molecular complexity index is 646. The van der Waals surface area contributed by atoms with Gasteiger partial charge < -0.3 is 10.0 Å². The van der Waals surface area contributed by atoms with Gasteiger partial charge in [0.25, 0.3) is 0 Å². The van der Waals surface area contributed by atoms with Crippen LogP contribution in [-0.2, 0) is 6.54 Å². The van der Waals surface area contributed by atoms with Crippen LogP contribution in [-0.4, -0.2) is 29.9 Å². The molecule has 2 aromatic rings. The number of carbonyl (C=O) groups is 1. The van der Waals surface area contributed by atoms with Crippen molar-refractivity contribution < 1.29 is 9.90 Å². The smallest absolute Gasteiger partial charge is 0.185 e. The maximum absolute atomic E-state index is 12.2. The second kappa shape index (κ2) is 6.86. The Hall–Kier alpha value is -2.39. The second-order valence-corrected chi connectivity index (χ2v) is 5.19. The molecule has 2 aromatic carbocycles. The maximum Gasteiger partial charge on any atom is 0.185 e. The van der Waals surface area contributed by atoms with E-state index in [1.54, 1.807) is 30.4 Å². The van der Waals surface area contributed by atoms with Crippen LogP contribution in [0.3, 0.4) is 0 Å². The number of carbonyl (C=O) groups excluding carboxylic acids is 1. The van der Waals surface area contributed by atoms with E-state index in [4.69, 9.17) is 0 Å². The molecule has 0 aromatic heterocycles. The number of phenolic OH excluding ortho intramolecular Hbond substituents is 1. The highest BCUT2D eigenvalue weighted by Gasteiger charge is 2.08. The molecule has 0 radical (unpaired) electrons. The average Bonchev–Trinajstić information content (AvgIpc) is 2.47. The van der Waals surface area contributed by atoms with Crippen LogP contribution in [0.25, 0.3) is 6.08 Å². The molecular weight excluding hydrogens is 262 g/mol. The first kappa shape index (κ1) is 15.0. The molecule has 1 N–H and O–H groups in total. The highest BCUT2D eigenvalue weighted by molar-refractivity contribution is 6.07. The van der Waals surface area contributed by atoms with Gasteiger partial charge in [-0.15, -0.1) is 0 Å². The van der Waals surface area contributed by atoms with E-state index in [-0.39, 0.29) is 11.5 Å². The molecule has 0 fully saturated rings. The van der Waals surface area contributed by atoms with Gasteiger partial charge in [0.1, 0.15) is 5.75 Å². The van der Waals surface area contributed by atoms with E-state index in [0.717, 1.165) is 11.1 Å². The van der Waals surface area contributed by atoms with E-state index in [2.05, 4.69) is 0 Å². The fraction of sp³-hybridized carbons (Fsp3) is 0.167. The van der Waals surface area contributed by atoms with E-state index in [1.165, 1.54) is 0 Å². The molecule has 0 spiro atoms. The van der Waals surface area contributed by atoms with Gasteiger partial charge in [0, 0.05) is 17.7 Å². The number of nitrogens with zero attached hydrogens (tertiary/aromatic N) is 1. The molecule has 0 heterocycles. The van der Waals surface area contributed by atoms with E-state index in [0.29, 0.717) is 12.1 Å². The van der Waals surface area contributed by atoms with Gasteiger partial charge in [0.05, 0.1) is 0 Å². The third-order valence-electron chi connectivity index (χ3n) is 3.08. The van der Waals surface area contributed by atoms with Gasteiger partial charge >= 0.3 is 0 Å². The molecule has 0 aliphatic carbocycles. The number of phenols is 1. The van der Waals surface area contributed by atoms with Gasteiger partial charge in [0.2, 0.25) is 0 Å². The van der Waals surface area contributed by atoms with Gasteiger partial charge in [0.15, 0.2) is 5.78 Å². The number of aromatic hydroxyl groups is 1. The zero-order valence-electron chi connectivity index (χ0n) is 12.3. The van der Waals surface area contributed by atoms with Crippen molar-refractivity contribution in [1.82, 2.24) is 4.90 Å². The Balaban J connectivity index is 2.18. The Labute approximate surface area is 125 Å². The molecule has 3 heteroatoms. The molecule has 0 bridgehead atoms. The highest BCUT2D eigenvalue weighted by Crippen LogP contribution is 2.20. The minimum atomic E-state index is -0.0705. The molecule has 2 rings (SSSR count). The first-order valence-electron chi connectivity index (χ1n) is 6.80. The zero-order chi connectivity index (χ0) is 15.2. The topological polar surface area (TPSA) is 40.5 Å². The number of hydrogen-bond acceptors (Lipinski definition) is 3. The summed E-state index contributed by atoms with van der Waals surface area (Å²) in [6.45, 7) is 0.593. The first-order chi connectivity index (χ1) is 10.1. The van der Waals surface area contributed by atoms with E-state index in [9.17, 15) is 9.90 Å². The molecule has 21 heavy (non-hydrogen) atoms. The van der Waals surface area contributed by atoms with Gasteiger partial charge in [-0.05, 0) is 43.9 Å². The highest BCUT2D eigenvalue weighted by atomic mass is 16.3. The summed E-state index contributed by atoms with van der Waals surface area (Å²) in [4.78, 5) is 14.1. The Morgan fingerprint density at radius 1 is 1.14 bits per heavy atom. The monoisotopic (exact) mass is 281 g/mol. The van der Waals surface area contributed by atoms with E-state index < -0.39 is 0 Å². The Kier molecular flexibility index (Phi) is 4.90. The third kappa shape index (κ3) is 4.29. The molecule has 0 amide bonds. The maximum atomic E-state index is 12.2. The summed E-state index contributed by atoms with van der Waals surface area (Å²) in [5.41, 5.74) is 2.31. The quantitative estimate of drug-likeness (QED) is 0.675. The van der Waals surface area contributed by atoms with Gasteiger partial charge in [-0.2, -0.15) is 0 Å². The lowest BCUT2D eigenvalue weighted by molar-refractivity contribution is 0.104. The van der Waals surface area contributed by atoms with Gasteiger partial charge in [-0.25, -0.2) is 0 Å². The van der Waals surface area contributed by atoms with Gasteiger partial charge in [-0.1, -0.05) is 36.4 Å². The fourth-order valence-corrected chi connectivity index (χ4v) is 2.04. The van der Waals surface area contributed by atoms with Crippen molar-refractivity contribution in [2.45, 2.75) is 6.54 Å². The molecule has 0 saturated heterocycles. The lowest BCUT2D eigenvalue weighted by Crippen LogP contribution is -2.11. The van der Waals surface area contributed by atoms with Crippen LogP contribution in [0.15, 0.2) is 54.6 Å². The van der Waals surface area contributed by atoms with Crippen LogP contribution in [0.1, 0.15) is 21.5 Å². The Morgan fingerprint density at radius 3 is 2.52 bits per heavy atom. The molecule has 0 aliphatic rings. The number of allylic oxidation sites excluding steroid dienone is 1. The Morgan fingerprint density at radius 2 is 1.86 bits per heavy atom. The SMILES string of the molecule is CN(C)Cc1cc(C(=O)/C=C/c2ccccc2)ccc1O. The fourth-order valence-electron chi connectivity index (χ4n) is 2.04. The van der Waals surface area contributed by atoms with Crippen LogP contribution >= 0.6 is 0 Å². The van der Waals surface area contributed by atoms with Crippen LogP contribution in [0, 0.1) is 0 Å². The van der Waals surface area contributed by atoms with Crippen molar-refractivity contribution in [3.63, 3.8) is 0 Å². The number of benzene rings is 2. The molecular formula is C18H19NO2. The molecule has 0 aliphatic heterocycles. The minimum Gasteiger partial charge on any atom is -0.508 e. The van der Waals surface area contributed by atoms with Crippen LogP contribution in [0.2, 0.25) is 0 Å². The third-order valence-corrected chi connectivity index (χ3v) is 3.08. The van der Waals surface area contributed by atoms with Crippen LogP contribution in [0.5, 0.6) is 5.75 Å². The van der Waals surface area contributed by atoms with Crippen molar-refractivity contribution in [3.05, 3.63) is 71.3 Å².